The monoisotopic (exact) mass is 246 g/mol. The highest BCUT2D eigenvalue weighted by Gasteiger charge is 2.50. The molecule has 2 heterocycles. The van der Waals surface area contributed by atoms with Crippen LogP contribution in [0.5, 0.6) is 0 Å². The Balaban J connectivity index is 1.83. The van der Waals surface area contributed by atoms with Gasteiger partial charge in [-0.1, -0.05) is 0 Å². The Morgan fingerprint density at radius 3 is 2.71 bits per heavy atom. The smallest absolute Gasteiger partial charge is 0.410 e. The largest absolute Gasteiger partial charge is 0.444 e. The van der Waals surface area contributed by atoms with Gasteiger partial charge in [-0.25, -0.2) is 9.18 Å². The molecule has 0 radical (unpaired) electrons. The summed E-state index contributed by atoms with van der Waals surface area (Å²) in [5, 5.41) is 2.96. The van der Waals surface area contributed by atoms with Crippen LogP contribution in [-0.4, -0.2) is 54.7 Å². The number of amides is 1. The van der Waals surface area contributed by atoms with E-state index in [0.717, 1.165) is 0 Å². The van der Waals surface area contributed by atoms with Gasteiger partial charge in [0, 0.05) is 6.54 Å². The van der Waals surface area contributed by atoms with Crippen molar-refractivity contribution in [2.45, 2.75) is 38.3 Å². The van der Waals surface area contributed by atoms with Crippen molar-refractivity contribution in [3.8, 4) is 0 Å². The normalized spacial score (nSPS) is 27.8. The van der Waals surface area contributed by atoms with Crippen LogP contribution in [0, 0.1) is 0 Å². The number of morpholine rings is 1. The first kappa shape index (κ1) is 12.6. The first-order chi connectivity index (χ1) is 7.80. The van der Waals surface area contributed by atoms with Crippen LogP contribution in [0.4, 0.5) is 9.18 Å². The number of alkyl halides is 1. The summed E-state index contributed by atoms with van der Waals surface area (Å²) in [6.07, 6.45) is -1.66. The second kappa shape index (κ2) is 4.10. The summed E-state index contributed by atoms with van der Waals surface area (Å²) in [6, 6.07) is 0. The molecule has 0 bridgehead atoms. The molecule has 0 aromatic heterocycles. The van der Waals surface area contributed by atoms with Crippen molar-refractivity contribution in [1.82, 2.24) is 10.2 Å². The SMILES string of the molecule is CC(C)(C)OC(=O)N1CC2(CNC[C@H](F)O2)C1. The first-order valence-electron chi connectivity index (χ1n) is 5.80. The minimum atomic E-state index is -1.29. The number of rotatable bonds is 0. The third-order valence-electron chi connectivity index (χ3n) is 2.74. The molecule has 0 unspecified atom stereocenters. The van der Waals surface area contributed by atoms with E-state index in [2.05, 4.69) is 5.32 Å². The number of nitrogens with one attached hydrogen (secondary N) is 1. The Morgan fingerprint density at radius 1 is 1.53 bits per heavy atom. The number of ether oxygens (including phenoxy) is 2. The predicted octanol–water partition coefficient (Wildman–Crippen LogP) is 0.891. The van der Waals surface area contributed by atoms with Crippen molar-refractivity contribution in [3.05, 3.63) is 0 Å². The van der Waals surface area contributed by atoms with Crippen LogP contribution in [0.2, 0.25) is 0 Å². The zero-order valence-corrected chi connectivity index (χ0v) is 10.5. The maximum absolute atomic E-state index is 13.1. The van der Waals surface area contributed by atoms with E-state index in [1.165, 1.54) is 4.90 Å². The third kappa shape index (κ3) is 2.87. The molecule has 0 aliphatic carbocycles. The van der Waals surface area contributed by atoms with E-state index < -0.39 is 17.6 Å². The van der Waals surface area contributed by atoms with Gasteiger partial charge in [0.15, 0.2) is 0 Å². The summed E-state index contributed by atoms with van der Waals surface area (Å²) in [5.74, 6) is 0. The molecule has 17 heavy (non-hydrogen) atoms. The summed E-state index contributed by atoms with van der Waals surface area (Å²) < 4.78 is 23.5. The van der Waals surface area contributed by atoms with E-state index >= 15 is 0 Å². The Hall–Kier alpha value is -0.880. The van der Waals surface area contributed by atoms with Gasteiger partial charge in [0.1, 0.15) is 11.2 Å². The van der Waals surface area contributed by atoms with Crippen molar-refractivity contribution in [2.75, 3.05) is 26.2 Å². The Kier molecular flexibility index (Phi) is 3.03. The number of hydrogen-bond acceptors (Lipinski definition) is 4. The number of carbonyl (C=O) groups is 1. The molecule has 2 aliphatic rings. The molecule has 6 heteroatoms. The summed E-state index contributed by atoms with van der Waals surface area (Å²) in [6.45, 7) is 7.01. The number of halogens is 1. The highest BCUT2D eigenvalue weighted by molar-refractivity contribution is 5.69. The second-order valence-electron chi connectivity index (χ2n) is 5.68. The van der Waals surface area contributed by atoms with Gasteiger partial charge in [-0.2, -0.15) is 0 Å². The lowest BCUT2D eigenvalue weighted by Gasteiger charge is -2.51. The van der Waals surface area contributed by atoms with E-state index in [1.807, 2.05) is 20.8 Å². The van der Waals surface area contributed by atoms with Gasteiger partial charge >= 0.3 is 6.09 Å². The fourth-order valence-corrected chi connectivity index (χ4v) is 2.06. The van der Waals surface area contributed by atoms with Gasteiger partial charge in [-0.15, -0.1) is 0 Å². The van der Waals surface area contributed by atoms with Gasteiger partial charge in [0.05, 0.1) is 19.6 Å². The molecule has 1 amide bonds. The molecule has 1 atom stereocenters. The van der Waals surface area contributed by atoms with Crippen molar-refractivity contribution in [1.29, 1.82) is 0 Å². The molecular formula is C11H19FN2O3. The fourth-order valence-electron chi connectivity index (χ4n) is 2.06. The summed E-state index contributed by atoms with van der Waals surface area (Å²) in [5.41, 5.74) is -1.07. The lowest BCUT2D eigenvalue weighted by Crippen LogP contribution is -2.72. The van der Waals surface area contributed by atoms with Crippen LogP contribution in [0.15, 0.2) is 0 Å². The maximum Gasteiger partial charge on any atom is 0.410 e. The minimum absolute atomic E-state index is 0.216. The average molecular weight is 246 g/mol. The van der Waals surface area contributed by atoms with Crippen molar-refractivity contribution in [2.24, 2.45) is 0 Å². The maximum atomic E-state index is 13.1. The Bertz CT molecular complexity index is 310. The number of carbonyl (C=O) groups excluding carboxylic acids is 1. The average Bonchev–Trinajstić information content (AvgIpc) is 2.10. The number of hydrogen-bond donors (Lipinski definition) is 1. The second-order valence-corrected chi connectivity index (χ2v) is 5.68. The molecule has 0 saturated carbocycles. The molecule has 2 aliphatic heterocycles. The van der Waals surface area contributed by atoms with Gasteiger partial charge in [0.2, 0.25) is 6.36 Å². The standard InChI is InChI=1S/C11H19FN2O3/c1-10(2,3)17-9(15)14-6-11(7-14)5-13-4-8(12)16-11/h8,13H,4-7H2,1-3H3/t8-/m1/s1. The molecule has 1 N–H and O–H groups in total. The third-order valence-corrected chi connectivity index (χ3v) is 2.74. The van der Waals surface area contributed by atoms with Gasteiger partial charge < -0.3 is 19.7 Å². The lowest BCUT2D eigenvalue weighted by atomic mass is 9.93. The number of nitrogens with zero attached hydrogens (tertiary/aromatic N) is 1. The molecule has 5 nitrogen and oxygen atoms in total. The van der Waals surface area contributed by atoms with E-state index in [9.17, 15) is 9.18 Å². The van der Waals surface area contributed by atoms with Gasteiger partial charge in [-0.05, 0) is 20.8 Å². The van der Waals surface area contributed by atoms with Crippen molar-refractivity contribution in [3.63, 3.8) is 0 Å². The molecule has 98 valence electrons. The highest BCUT2D eigenvalue weighted by atomic mass is 19.1. The van der Waals surface area contributed by atoms with E-state index in [4.69, 9.17) is 9.47 Å². The lowest BCUT2D eigenvalue weighted by molar-refractivity contribution is -0.217. The summed E-state index contributed by atoms with van der Waals surface area (Å²) in [4.78, 5) is 13.2. The van der Waals surface area contributed by atoms with E-state index in [1.54, 1.807) is 0 Å². The van der Waals surface area contributed by atoms with E-state index in [-0.39, 0.29) is 12.6 Å². The van der Waals surface area contributed by atoms with Crippen LogP contribution in [0.25, 0.3) is 0 Å². The molecule has 0 aromatic carbocycles. The minimum Gasteiger partial charge on any atom is -0.444 e. The fraction of sp³-hybridized carbons (Fsp3) is 0.909. The first-order valence-corrected chi connectivity index (χ1v) is 5.80. The van der Waals surface area contributed by atoms with E-state index in [0.29, 0.717) is 19.6 Å². The summed E-state index contributed by atoms with van der Waals surface area (Å²) in [7, 11) is 0. The van der Waals surface area contributed by atoms with Crippen LogP contribution < -0.4 is 5.32 Å². The zero-order valence-electron chi connectivity index (χ0n) is 10.5. The van der Waals surface area contributed by atoms with Crippen LogP contribution in [0.1, 0.15) is 20.8 Å². The number of likely N-dealkylation sites (tertiary alicyclic amines) is 1. The Morgan fingerprint density at radius 2 is 2.18 bits per heavy atom. The molecule has 2 saturated heterocycles. The zero-order chi connectivity index (χ0) is 12.7. The topological polar surface area (TPSA) is 50.8 Å². The highest BCUT2D eigenvalue weighted by Crippen LogP contribution is 2.29. The molecular weight excluding hydrogens is 227 g/mol. The molecule has 2 fully saturated rings. The molecule has 2 rings (SSSR count). The van der Waals surface area contributed by atoms with Crippen LogP contribution in [-0.2, 0) is 9.47 Å². The quantitative estimate of drug-likeness (QED) is 0.689. The van der Waals surface area contributed by atoms with Gasteiger partial charge in [0.25, 0.3) is 0 Å². The molecule has 0 aromatic rings. The summed E-state index contributed by atoms with van der Waals surface area (Å²) >= 11 is 0. The molecule has 1 spiro atoms. The van der Waals surface area contributed by atoms with Crippen LogP contribution in [0.3, 0.4) is 0 Å². The predicted molar refractivity (Wildman–Crippen MR) is 59.4 cm³/mol. The van der Waals surface area contributed by atoms with Gasteiger partial charge in [-0.3, -0.25) is 0 Å². The van der Waals surface area contributed by atoms with Crippen LogP contribution >= 0.6 is 0 Å². The Labute approximate surface area is 100 Å². The van der Waals surface area contributed by atoms with Crippen molar-refractivity contribution < 1.29 is 18.7 Å². The van der Waals surface area contributed by atoms with Crippen molar-refractivity contribution >= 4 is 6.09 Å².